The van der Waals surface area contributed by atoms with Crippen molar-refractivity contribution in [2.75, 3.05) is 13.2 Å². The molecule has 4 aromatic rings. The molecular weight excluding hydrogens is 567 g/mol. The van der Waals surface area contributed by atoms with Crippen LogP contribution in [0.5, 0.6) is 17.2 Å². The van der Waals surface area contributed by atoms with E-state index in [0.717, 1.165) is 22.3 Å². The van der Waals surface area contributed by atoms with Gasteiger partial charge in [0.25, 0.3) is 0 Å². The minimum absolute atomic E-state index is 0.0914. The van der Waals surface area contributed by atoms with Crippen LogP contribution < -0.4 is 14.2 Å². The van der Waals surface area contributed by atoms with E-state index in [2.05, 4.69) is 4.98 Å². The highest BCUT2D eigenvalue weighted by Gasteiger charge is 2.16. The van der Waals surface area contributed by atoms with Gasteiger partial charge in [0.05, 0.1) is 27.8 Å². The number of carbonyl (C=O) groups is 1. The number of aliphatic hydroxyl groups is 2. The molecule has 0 fully saturated rings. The number of benzene rings is 3. The number of aromatic nitrogens is 1. The summed E-state index contributed by atoms with van der Waals surface area (Å²) in [4.78, 5) is 15.7. The molecule has 41 heavy (non-hydrogen) atoms. The number of pyridine rings is 1. The van der Waals surface area contributed by atoms with E-state index in [1.165, 1.54) is 12.3 Å². The Morgan fingerprint density at radius 3 is 2.49 bits per heavy atom. The van der Waals surface area contributed by atoms with Gasteiger partial charge < -0.3 is 24.4 Å². The van der Waals surface area contributed by atoms with E-state index in [0.29, 0.717) is 33.9 Å². The molecule has 0 aliphatic rings. The minimum atomic E-state index is -1.01. The molecule has 3 aromatic carbocycles. The van der Waals surface area contributed by atoms with Crippen LogP contribution in [0.3, 0.4) is 0 Å². The highest BCUT2D eigenvalue weighted by Crippen LogP contribution is 2.38. The molecule has 210 valence electrons. The highest BCUT2D eigenvalue weighted by atomic mass is 35.5. The molecule has 1 atom stereocenters. The topological polar surface area (TPSA) is 122 Å². The molecule has 0 saturated carbocycles. The van der Waals surface area contributed by atoms with E-state index in [1.807, 2.05) is 37.3 Å². The van der Waals surface area contributed by atoms with Crippen molar-refractivity contribution in [1.82, 2.24) is 4.98 Å². The van der Waals surface area contributed by atoms with Gasteiger partial charge in [-0.15, -0.1) is 0 Å². The SMILES string of the molecule is Cc1c(COc2cc(OCc3cncc(C#N)c3)c(C=O)cc2Cl)cccc1-c1cccc(OCC(O)CO)c1Cl. The largest absolute Gasteiger partial charge is 0.489 e. The molecule has 1 heterocycles. The summed E-state index contributed by atoms with van der Waals surface area (Å²) in [5.74, 6) is 1.00. The number of ether oxygens (including phenoxy) is 3. The summed E-state index contributed by atoms with van der Waals surface area (Å²) in [5.41, 5.74) is 4.73. The Bertz CT molecular complexity index is 1590. The summed E-state index contributed by atoms with van der Waals surface area (Å²) in [6, 6.07) is 17.8. The fraction of sp³-hybridized carbons (Fsp3) is 0.194. The molecule has 0 aliphatic carbocycles. The van der Waals surface area contributed by atoms with E-state index in [1.54, 1.807) is 30.5 Å². The quantitative estimate of drug-likeness (QED) is 0.194. The lowest BCUT2D eigenvalue weighted by atomic mass is 9.96. The predicted molar refractivity (Wildman–Crippen MR) is 155 cm³/mol. The van der Waals surface area contributed by atoms with Gasteiger partial charge in [-0.2, -0.15) is 5.26 Å². The number of halogens is 2. The average Bonchev–Trinajstić information content (AvgIpc) is 2.99. The third-order valence-corrected chi connectivity index (χ3v) is 6.92. The molecule has 4 rings (SSSR count). The first-order valence-corrected chi connectivity index (χ1v) is 13.3. The Morgan fingerprint density at radius 2 is 1.73 bits per heavy atom. The van der Waals surface area contributed by atoms with Crippen molar-refractivity contribution in [1.29, 1.82) is 5.26 Å². The number of aliphatic hydroxyl groups excluding tert-OH is 2. The van der Waals surface area contributed by atoms with Crippen LogP contribution in [0.4, 0.5) is 0 Å². The van der Waals surface area contributed by atoms with Gasteiger partial charge in [0.1, 0.15) is 49.2 Å². The first-order chi connectivity index (χ1) is 19.8. The molecule has 1 unspecified atom stereocenters. The summed E-state index contributed by atoms with van der Waals surface area (Å²) in [6.45, 7) is 1.70. The summed E-state index contributed by atoms with van der Waals surface area (Å²) < 4.78 is 17.5. The first kappa shape index (κ1) is 29.8. The molecule has 0 spiro atoms. The summed E-state index contributed by atoms with van der Waals surface area (Å²) >= 11 is 13.1. The molecule has 10 heteroatoms. The van der Waals surface area contributed by atoms with E-state index in [9.17, 15) is 9.90 Å². The fourth-order valence-electron chi connectivity index (χ4n) is 4.02. The molecule has 8 nitrogen and oxygen atoms in total. The third-order valence-electron chi connectivity index (χ3n) is 6.23. The van der Waals surface area contributed by atoms with Gasteiger partial charge in [0, 0.05) is 29.6 Å². The van der Waals surface area contributed by atoms with Crippen LogP contribution in [-0.4, -0.2) is 40.8 Å². The van der Waals surface area contributed by atoms with E-state index < -0.39 is 12.7 Å². The third kappa shape index (κ3) is 7.34. The lowest BCUT2D eigenvalue weighted by Crippen LogP contribution is -2.21. The number of carbonyl (C=O) groups excluding carboxylic acids is 1. The van der Waals surface area contributed by atoms with Crippen molar-refractivity contribution in [3.8, 4) is 34.4 Å². The Morgan fingerprint density at radius 1 is 0.976 bits per heavy atom. The molecule has 0 radical (unpaired) electrons. The van der Waals surface area contributed by atoms with Gasteiger partial charge in [-0.3, -0.25) is 9.78 Å². The second kappa shape index (κ2) is 14.0. The zero-order valence-electron chi connectivity index (χ0n) is 22.0. The van der Waals surface area contributed by atoms with Crippen LogP contribution in [0.1, 0.15) is 32.6 Å². The smallest absolute Gasteiger partial charge is 0.153 e. The maximum atomic E-state index is 11.7. The Kier molecular flexibility index (Phi) is 10.2. The van der Waals surface area contributed by atoms with Gasteiger partial charge in [0.15, 0.2) is 6.29 Å². The van der Waals surface area contributed by atoms with Gasteiger partial charge in [-0.1, -0.05) is 53.5 Å². The van der Waals surface area contributed by atoms with Crippen molar-refractivity contribution < 1.29 is 29.2 Å². The normalized spacial score (nSPS) is 11.4. The molecule has 1 aromatic heterocycles. The molecule has 0 aliphatic heterocycles. The van der Waals surface area contributed by atoms with E-state index in [4.69, 9.17) is 47.8 Å². The van der Waals surface area contributed by atoms with Crippen molar-refractivity contribution >= 4 is 29.5 Å². The molecule has 0 bridgehead atoms. The Hall–Kier alpha value is -4.13. The fourth-order valence-corrected chi connectivity index (χ4v) is 4.53. The number of rotatable bonds is 12. The van der Waals surface area contributed by atoms with E-state index in [-0.39, 0.29) is 36.2 Å². The first-order valence-electron chi connectivity index (χ1n) is 12.5. The number of nitriles is 1. The Labute approximate surface area is 247 Å². The van der Waals surface area contributed by atoms with Crippen LogP contribution in [0.25, 0.3) is 11.1 Å². The number of nitrogens with zero attached hydrogens (tertiary/aromatic N) is 2. The highest BCUT2D eigenvalue weighted by molar-refractivity contribution is 6.35. The van der Waals surface area contributed by atoms with Gasteiger partial charge >= 0.3 is 0 Å². The van der Waals surface area contributed by atoms with Crippen LogP contribution in [0, 0.1) is 18.3 Å². The van der Waals surface area contributed by atoms with Gasteiger partial charge in [-0.05, 0) is 41.8 Å². The standard InChI is InChI=1S/C31H26Cl2N2O6/c1-19-22(4-2-5-25(19)26-6-3-7-28(31(26)33)41-18-24(38)15-37)17-40-30-10-29(23(14-36)9-27(30)32)39-16-21-8-20(11-34)12-35-13-21/h2-10,12-14,24,37-38H,15-18H2,1H3. The lowest BCUT2D eigenvalue weighted by Gasteiger charge is -2.17. The van der Waals surface area contributed by atoms with Crippen molar-refractivity contribution in [2.24, 2.45) is 0 Å². The number of hydrogen-bond donors (Lipinski definition) is 2. The van der Waals surface area contributed by atoms with Crippen molar-refractivity contribution in [3.63, 3.8) is 0 Å². The second-order valence-corrected chi connectivity index (χ2v) is 9.85. The monoisotopic (exact) mass is 592 g/mol. The maximum absolute atomic E-state index is 11.7. The molecule has 0 saturated heterocycles. The molecule has 0 amide bonds. The van der Waals surface area contributed by atoms with E-state index >= 15 is 0 Å². The van der Waals surface area contributed by atoms with Gasteiger partial charge in [-0.25, -0.2) is 0 Å². The number of aldehydes is 1. The zero-order chi connectivity index (χ0) is 29.4. The second-order valence-electron chi connectivity index (χ2n) is 9.06. The molecular formula is C31H26Cl2N2O6. The average molecular weight is 593 g/mol. The number of hydrogen-bond acceptors (Lipinski definition) is 8. The van der Waals surface area contributed by atoms with Crippen LogP contribution >= 0.6 is 23.2 Å². The van der Waals surface area contributed by atoms with Gasteiger partial charge in [0.2, 0.25) is 0 Å². The van der Waals surface area contributed by atoms with Crippen molar-refractivity contribution in [3.05, 3.63) is 105 Å². The van der Waals surface area contributed by atoms with Crippen LogP contribution in [0.15, 0.2) is 67.0 Å². The molecule has 2 N–H and O–H groups in total. The zero-order valence-corrected chi connectivity index (χ0v) is 23.5. The predicted octanol–water partition coefficient (Wildman–Crippen LogP) is 5.94. The van der Waals surface area contributed by atoms with Crippen LogP contribution in [-0.2, 0) is 13.2 Å². The summed E-state index contributed by atoms with van der Waals surface area (Å²) in [7, 11) is 0. The van der Waals surface area contributed by atoms with Crippen molar-refractivity contribution in [2.45, 2.75) is 26.2 Å². The summed E-state index contributed by atoms with van der Waals surface area (Å²) in [6.07, 6.45) is 2.67. The Balaban J connectivity index is 1.53. The summed E-state index contributed by atoms with van der Waals surface area (Å²) in [5, 5.41) is 28.4. The van der Waals surface area contributed by atoms with Crippen LogP contribution in [0.2, 0.25) is 10.0 Å². The maximum Gasteiger partial charge on any atom is 0.153 e. The minimum Gasteiger partial charge on any atom is -0.489 e. The lowest BCUT2D eigenvalue weighted by molar-refractivity contribution is 0.0536.